The van der Waals surface area contributed by atoms with Gasteiger partial charge in [0.15, 0.2) is 0 Å². The smallest absolute Gasteiger partial charge is 0.234 e. The van der Waals surface area contributed by atoms with Crippen molar-refractivity contribution in [2.75, 3.05) is 11.1 Å². The van der Waals surface area contributed by atoms with E-state index >= 15 is 0 Å². The van der Waals surface area contributed by atoms with Gasteiger partial charge in [0.2, 0.25) is 11.8 Å². The summed E-state index contributed by atoms with van der Waals surface area (Å²) < 4.78 is 13.2. The van der Waals surface area contributed by atoms with Crippen LogP contribution in [-0.4, -0.2) is 17.6 Å². The monoisotopic (exact) mass is 409 g/mol. The Balaban J connectivity index is 1.74. The van der Waals surface area contributed by atoms with E-state index in [1.54, 1.807) is 12.1 Å². The van der Waals surface area contributed by atoms with Crippen molar-refractivity contribution in [1.29, 1.82) is 5.26 Å². The zero-order chi connectivity index (χ0) is 21.0. The van der Waals surface area contributed by atoms with E-state index in [2.05, 4.69) is 16.7 Å². The molecule has 29 heavy (non-hydrogen) atoms. The Morgan fingerprint density at radius 3 is 2.62 bits per heavy atom. The van der Waals surface area contributed by atoms with Gasteiger partial charge in [0, 0.05) is 18.0 Å². The van der Waals surface area contributed by atoms with Crippen molar-refractivity contribution in [1.82, 2.24) is 5.32 Å². The summed E-state index contributed by atoms with van der Waals surface area (Å²) in [5.74, 6) is -1.27. The molecule has 1 heterocycles. The molecule has 5 nitrogen and oxygen atoms in total. The maximum Gasteiger partial charge on any atom is 0.234 e. The van der Waals surface area contributed by atoms with Crippen LogP contribution in [0.25, 0.3) is 0 Å². The van der Waals surface area contributed by atoms with Crippen LogP contribution in [0.15, 0.2) is 53.1 Å². The second-order valence-electron chi connectivity index (χ2n) is 6.85. The number of thioether (sulfide) groups is 1. The Bertz CT molecular complexity index is 1030. The number of nitriles is 1. The van der Waals surface area contributed by atoms with Gasteiger partial charge in [-0.05, 0) is 54.8 Å². The van der Waals surface area contributed by atoms with Gasteiger partial charge < -0.3 is 10.6 Å². The minimum atomic E-state index is -0.459. The van der Waals surface area contributed by atoms with Crippen molar-refractivity contribution in [2.24, 2.45) is 0 Å². The first-order chi connectivity index (χ1) is 13.9. The number of rotatable bonds is 5. The number of carbonyl (C=O) groups excluding carboxylic acids is 2. The highest BCUT2D eigenvalue weighted by Crippen LogP contribution is 2.36. The molecule has 0 radical (unpaired) electrons. The first kappa shape index (κ1) is 20.6. The first-order valence-electron chi connectivity index (χ1n) is 9.07. The van der Waals surface area contributed by atoms with Crippen LogP contribution in [0.3, 0.4) is 0 Å². The Labute approximate surface area is 173 Å². The summed E-state index contributed by atoms with van der Waals surface area (Å²) in [5.41, 5.74) is 3.98. The number of allylic oxidation sites excluding steroid dienone is 1. The molecule has 0 aromatic heterocycles. The fourth-order valence-electron chi connectivity index (χ4n) is 3.07. The van der Waals surface area contributed by atoms with E-state index in [-0.39, 0.29) is 29.8 Å². The molecule has 0 fully saturated rings. The number of hydrogen-bond acceptors (Lipinski definition) is 4. The number of benzene rings is 2. The van der Waals surface area contributed by atoms with E-state index in [4.69, 9.17) is 0 Å². The largest absolute Gasteiger partial charge is 0.325 e. The van der Waals surface area contributed by atoms with Crippen molar-refractivity contribution in [3.63, 3.8) is 0 Å². The van der Waals surface area contributed by atoms with Gasteiger partial charge in [0.1, 0.15) is 5.82 Å². The number of hydrogen-bond donors (Lipinski definition) is 2. The predicted octanol–water partition coefficient (Wildman–Crippen LogP) is 4.15. The van der Waals surface area contributed by atoms with E-state index in [0.29, 0.717) is 21.9 Å². The van der Waals surface area contributed by atoms with Crippen molar-refractivity contribution in [2.45, 2.75) is 26.2 Å². The summed E-state index contributed by atoms with van der Waals surface area (Å²) >= 11 is 1.11. The molecule has 0 saturated heterocycles. The van der Waals surface area contributed by atoms with Crippen molar-refractivity contribution < 1.29 is 14.0 Å². The highest BCUT2D eigenvalue weighted by molar-refractivity contribution is 8.03. The molecule has 7 heteroatoms. The molecule has 0 saturated carbocycles. The Morgan fingerprint density at radius 2 is 1.97 bits per heavy atom. The van der Waals surface area contributed by atoms with Gasteiger partial charge in [-0.1, -0.05) is 30.0 Å². The maximum atomic E-state index is 13.2. The van der Waals surface area contributed by atoms with E-state index < -0.39 is 5.92 Å². The summed E-state index contributed by atoms with van der Waals surface area (Å²) in [4.78, 5) is 24.5. The minimum Gasteiger partial charge on any atom is -0.325 e. The maximum absolute atomic E-state index is 13.2. The van der Waals surface area contributed by atoms with E-state index in [0.717, 1.165) is 22.9 Å². The number of aryl methyl sites for hydroxylation is 2. The third-order valence-corrected chi connectivity index (χ3v) is 5.78. The minimum absolute atomic E-state index is 0.0455. The van der Waals surface area contributed by atoms with Crippen LogP contribution in [0.2, 0.25) is 0 Å². The number of carbonyl (C=O) groups is 2. The molecule has 2 aromatic rings. The van der Waals surface area contributed by atoms with Gasteiger partial charge >= 0.3 is 0 Å². The average Bonchev–Trinajstić information content (AvgIpc) is 2.69. The second kappa shape index (κ2) is 8.93. The number of halogens is 1. The molecule has 2 N–H and O–H groups in total. The molecular weight excluding hydrogens is 389 g/mol. The fraction of sp³-hybridized carbons (Fsp3) is 0.227. The van der Waals surface area contributed by atoms with E-state index in [1.807, 2.05) is 32.0 Å². The molecule has 3 rings (SSSR count). The lowest BCUT2D eigenvalue weighted by Gasteiger charge is -2.25. The molecule has 1 aliphatic heterocycles. The van der Waals surface area contributed by atoms with Crippen LogP contribution in [0.1, 0.15) is 29.0 Å². The summed E-state index contributed by atoms with van der Waals surface area (Å²) in [6, 6.07) is 13.6. The van der Waals surface area contributed by atoms with E-state index in [9.17, 15) is 19.2 Å². The third kappa shape index (κ3) is 5.04. The molecule has 1 unspecified atom stereocenters. The number of anilines is 1. The third-order valence-electron chi connectivity index (χ3n) is 4.77. The quantitative estimate of drug-likeness (QED) is 0.777. The standard InChI is InChI=1S/C22H20FN3O2S/c1-13-3-8-17(9-14(13)2)25-21(28)12-29-22-19(11-24)18(10-20(27)26-22)15-4-6-16(23)7-5-15/h3-9,18H,10,12H2,1-2H3,(H,25,28)(H,26,27). The van der Waals surface area contributed by atoms with Crippen LogP contribution in [0, 0.1) is 31.0 Å². The Hall–Kier alpha value is -3.11. The summed E-state index contributed by atoms with van der Waals surface area (Å²) in [6.45, 7) is 3.97. The lowest BCUT2D eigenvalue weighted by atomic mass is 9.87. The van der Waals surface area contributed by atoms with E-state index in [1.165, 1.54) is 12.1 Å². The van der Waals surface area contributed by atoms with Crippen LogP contribution in [0.5, 0.6) is 0 Å². The highest BCUT2D eigenvalue weighted by atomic mass is 32.2. The van der Waals surface area contributed by atoms with Crippen molar-refractivity contribution in [3.05, 3.63) is 75.6 Å². The van der Waals surface area contributed by atoms with Crippen LogP contribution < -0.4 is 10.6 Å². The van der Waals surface area contributed by atoms with Gasteiger partial charge in [0.05, 0.1) is 22.4 Å². The van der Waals surface area contributed by atoms with Gasteiger partial charge in [0.25, 0.3) is 0 Å². The number of amides is 2. The topological polar surface area (TPSA) is 82.0 Å². The Kier molecular flexibility index (Phi) is 6.35. The normalized spacial score (nSPS) is 16.2. The van der Waals surface area contributed by atoms with Crippen LogP contribution >= 0.6 is 11.8 Å². The molecular formula is C22H20FN3O2S. The zero-order valence-corrected chi connectivity index (χ0v) is 16.9. The van der Waals surface area contributed by atoms with Gasteiger partial charge in [-0.15, -0.1) is 0 Å². The van der Waals surface area contributed by atoms with Gasteiger partial charge in [-0.2, -0.15) is 5.26 Å². The second-order valence-corrected chi connectivity index (χ2v) is 7.83. The number of nitrogens with one attached hydrogen (secondary N) is 2. The molecule has 1 atom stereocenters. The molecule has 0 spiro atoms. The molecule has 148 valence electrons. The summed E-state index contributed by atoms with van der Waals surface area (Å²) in [5, 5.41) is 15.5. The molecule has 1 aliphatic rings. The molecule has 0 bridgehead atoms. The van der Waals surface area contributed by atoms with Gasteiger partial charge in [-0.25, -0.2) is 4.39 Å². The molecule has 2 amide bonds. The molecule has 0 aliphatic carbocycles. The first-order valence-corrected chi connectivity index (χ1v) is 10.1. The lowest BCUT2D eigenvalue weighted by molar-refractivity contribution is -0.121. The van der Waals surface area contributed by atoms with Crippen LogP contribution in [-0.2, 0) is 9.59 Å². The summed E-state index contributed by atoms with van der Waals surface area (Å²) in [7, 11) is 0. The predicted molar refractivity (Wildman–Crippen MR) is 112 cm³/mol. The zero-order valence-electron chi connectivity index (χ0n) is 16.1. The summed E-state index contributed by atoms with van der Waals surface area (Å²) in [6.07, 6.45) is 0.105. The van der Waals surface area contributed by atoms with Gasteiger partial charge in [-0.3, -0.25) is 9.59 Å². The fourth-order valence-corrected chi connectivity index (χ4v) is 3.94. The highest BCUT2D eigenvalue weighted by Gasteiger charge is 2.29. The SMILES string of the molecule is Cc1ccc(NC(=O)CSC2=C(C#N)C(c3ccc(F)cc3)CC(=O)N2)cc1C. The number of nitrogens with zero attached hydrogens (tertiary/aromatic N) is 1. The Morgan fingerprint density at radius 1 is 1.24 bits per heavy atom. The van der Waals surface area contributed by atoms with Crippen molar-refractivity contribution in [3.8, 4) is 6.07 Å². The van der Waals surface area contributed by atoms with Crippen LogP contribution in [0.4, 0.5) is 10.1 Å². The lowest BCUT2D eigenvalue weighted by Crippen LogP contribution is -2.31. The average molecular weight is 409 g/mol. The van der Waals surface area contributed by atoms with Crippen molar-refractivity contribution >= 4 is 29.3 Å². The molecule has 2 aromatic carbocycles.